The number of carbonyl (C=O) groups excluding carboxylic acids is 1. The minimum atomic E-state index is -3.45. The smallest absolute Gasteiger partial charge is 0.251 e. The monoisotopic (exact) mass is 441 g/mol. The minimum Gasteiger partial charge on any atom is -0.351 e. The summed E-state index contributed by atoms with van der Waals surface area (Å²) in [6.45, 7) is 3.01. The quantitative estimate of drug-likeness (QED) is 0.714. The number of rotatable bonds is 7. The van der Waals surface area contributed by atoms with Crippen molar-refractivity contribution < 1.29 is 17.6 Å². The zero-order chi connectivity index (χ0) is 20.0. The Hall–Kier alpha value is -2.00. The van der Waals surface area contributed by atoms with Crippen LogP contribution in [0.2, 0.25) is 0 Å². The van der Waals surface area contributed by atoms with Crippen LogP contribution >= 0.6 is 12.4 Å². The van der Waals surface area contributed by atoms with Gasteiger partial charge in [0.2, 0.25) is 10.0 Å². The third kappa shape index (κ3) is 6.78. The molecule has 1 aliphatic rings. The van der Waals surface area contributed by atoms with Gasteiger partial charge in [0, 0.05) is 44.8 Å². The van der Waals surface area contributed by atoms with Crippen LogP contribution in [0.15, 0.2) is 54.6 Å². The van der Waals surface area contributed by atoms with Gasteiger partial charge in [-0.05, 0) is 23.8 Å². The Morgan fingerprint density at radius 3 is 2.34 bits per heavy atom. The highest BCUT2D eigenvalue weighted by Gasteiger charge is 2.26. The Bertz CT molecular complexity index is 904. The van der Waals surface area contributed by atoms with E-state index in [1.807, 2.05) is 18.2 Å². The van der Waals surface area contributed by atoms with Crippen LogP contribution in [-0.2, 0) is 16.6 Å². The summed E-state index contributed by atoms with van der Waals surface area (Å²) in [6.07, 6.45) is 0. The number of hydrogen-bond acceptors (Lipinski definition) is 4. The molecule has 0 spiro atoms. The number of amides is 1. The van der Waals surface area contributed by atoms with Crippen molar-refractivity contribution in [3.8, 4) is 0 Å². The van der Waals surface area contributed by atoms with E-state index in [9.17, 15) is 17.6 Å². The van der Waals surface area contributed by atoms with Gasteiger partial charge in [-0.15, -0.1) is 12.4 Å². The van der Waals surface area contributed by atoms with Gasteiger partial charge in [0.15, 0.2) is 0 Å². The van der Waals surface area contributed by atoms with Crippen molar-refractivity contribution in [3.05, 3.63) is 71.5 Å². The standard InChI is InChI=1S/C20H24FN3O3S.ClH/c21-19-8-4-7-18(15-19)20(25)22-9-14-28(26,27)24-12-10-23(11-13-24)16-17-5-2-1-3-6-17;/h1-8,15H,9-14,16H2,(H,22,25);1H. The van der Waals surface area contributed by atoms with E-state index in [4.69, 9.17) is 0 Å². The van der Waals surface area contributed by atoms with Gasteiger partial charge in [-0.2, -0.15) is 4.31 Å². The molecule has 0 aliphatic carbocycles. The van der Waals surface area contributed by atoms with E-state index in [1.54, 1.807) is 0 Å². The highest BCUT2D eigenvalue weighted by atomic mass is 35.5. The molecular formula is C20H25ClFN3O3S. The maximum absolute atomic E-state index is 13.2. The van der Waals surface area contributed by atoms with E-state index in [2.05, 4.69) is 22.3 Å². The second kappa shape index (κ2) is 10.7. The number of carbonyl (C=O) groups is 1. The largest absolute Gasteiger partial charge is 0.351 e. The van der Waals surface area contributed by atoms with E-state index >= 15 is 0 Å². The average molecular weight is 442 g/mol. The SMILES string of the molecule is Cl.O=C(NCCS(=O)(=O)N1CCN(Cc2ccccc2)CC1)c1cccc(F)c1. The lowest BCUT2D eigenvalue weighted by Gasteiger charge is -2.34. The second-order valence-corrected chi connectivity index (χ2v) is 8.83. The van der Waals surface area contributed by atoms with Crippen molar-refractivity contribution in [1.29, 1.82) is 0 Å². The van der Waals surface area contributed by atoms with Crippen molar-refractivity contribution in [1.82, 2.24) is 14.5 Å². The topological polar surface area (TPSA) is 69.7 Å². The molecule has 6 nitrogen and oxygen atoms in total. The van der Waals surface area contributed by atoms with Gasteiger partial charge in [-0.25, -0.2) is 12.8 Å². The lowest BCUT2D eigenvalue weighted by atomic mass is 10.2. The van der Waals surface area contributed by atoms with Crippen LogP contribution in [0.25, 0.3) is 0 Å². The molecule has 0 radical (unpaired) electrons. The molecule has 0 unspecified atom stereocenters. The molecule has 158 valence electrons. The van der Waals surface area contributed by atoms with Crippen LogP contribution in [0, 0.1) is 5.82 Å². The molecule has 1 amide bonds. The Kier molecular flexibility index (Phi) is 8.58. The van der Waals surface area contributed by atoms with Gasteiger partial charge in [0.1, 0.15) is 5.82 Å². The zero-order valence-electron chi connectivity index (χ0n) is 16.0. The molecule has 1 heterocycles. The Morgan fingerprint density at radius 1 is 1.00 bits per heavy atom. The van der Waals surface area contributed by atoms with Gasteiger partial charge < -0.3 is 5.32 Å². The first-order chi connectivity index (χ1) is 13.4. The molecule has 0 atom stereocenters. The number of hydrogen-bond donors (Lipinski definition) is 1. The van der Waals surface area contributed by atoms with Gasteiger partial charge in [0.25, 0.3) is 5.91 Å². The van der Waals surface area contributed by atoms with Crippen LogP contribution in [0.1, 0.15) is 15.9 Å². The summed E-state index contributed by atoms with van der Waals surface area (Å²) < 4.78 is 39.7. The first-order valence-corrected chi connectivity index (χ1v) is 10.8. The zero-order valence-corrected chi connectivity index (χ0v) is 17.6. The Labute approximate surface area is 177 Å². The number of nitrogens with one attached hydrogen (secondary N) is 1. The maximum atomic E-state index is 13.2. The third-order valence-electron chi connectivity index (χ3n) is 4.71. The predicted molar refractivity (Wildman–Crippen MR) is 113 cm³/mol. The second-order valence-electron chi connectivity index (χ2n) is 6.74. The molecule has 0 saturated carbocycles. The number of halogens is 2. The molecule has 1 aliphatic heterocycles. The summed E-state index contributed by atoms with van der Waals surface area (Å²) >= 11 is 0. The average Bonchev–Trinajstić information content (AvgIpc) is 2.69. The molecule has 0 aromatic heterocycles. The lowest BCUT2D eigenvalue weighted by Crippen LogP contribution is -2.49. The predicted octanol–water partition coefficient (Wildman–Crippen LogP) is 2.12. The molecule has 1 fully saturated rings. The normalized spacial score (nSPS) is 15.5. The van der Waals surface area contributed by atoms with Crippen molar-refractivity contribution in [2.45, 2.75) is 6.54 Å². The van der Waals surface area contributed by atoms with Crippen LogP contribution in [0.3, 0.4) is 0 Å². The molecule has 2 aromatic carbocycles. The fourth-order valence-electron chi connectivity index (χ4n) is 3.16. The van der Waals surface area contributed by atoms with Gasteiger partial charge >= 0.3 is 0 Å². The van der Waals surface area contributed by atoms with Gasteiger partial charge in [-0.1, -0.05) is 36.4 Å². The van der Waals surface area contributed by atoms with Crippen molar-refractivity contribution >= 4 is 28.3 Å². The molecule has 29 heavy (non-hydrogen) atoms. The summed E-state index contributed by atoms with van der Waals surface area (Å²) in [5.41, 5.74) is 1.38. The summed E-state index contributed by atoms with van der Waals surface area (Å²) in [5, 5.41) is 2.54. The van der Waals surface area contributed by atoms with Crippen LogP contribution in [0.5, 0.6) is 0 Å². The first-order valence-electron chi connectivity index (χ1n) is 9.22. The summed E-state index contributed by atoms with van der Waals surface area (Å²) in [5.74, 6) is -1.16. The first kappa shape index (κ1) is 23.3. The Balaban J connectivity index is 0.00000300. The lowest BCUT2D eigenvalue weighted by molar-refractivity contribution is 0.0955. The van der Waals surface area contributed by atoms with E-state index in [0.717, 1.165) is 12.6 Å². The number of piperazine rings is 1. The molecule has 0 bridgehead atoms. The highest BCUT2D eigenvalue weighted by Crippen LogP contribution is 2.11. The fourth-order valence-corrected chi connectivity index (χ4v) is 4.50. The van der Waals surface area contributed by atoms with Crippen LogP contribution in [-0.4, -0.2) is 62.0 Å². The van der Waals surface area contributed by atoms with Crippen molar-refractivity contribution in [2.24, 2.45) is 0 Å². The molecule has 3 rings (SSSR count). The van der Waals surface area contributed by atoms with Gasteiger partial charge in [0.05, 0.1) is 5.75 Å². The van der Waals surface area contributed by atoms with E-state index < -0.39 is 21.7 Å². The maximum Gasteiger partial charge on any atom is 0.251 e. The van der Waals surface area contributed by atoms with Crippen LogP contribution < -0.4 is 5.32 Å². The van der Waals surface area contributed by atoms with E-state index in [1.165, 1.54) is 28.1 Å². The van der Waals surface area contributed by atoms with E-state index in [-0.39, 0.29) is 30.3 Å². The molecule has 2 aromatic rings. The summed E-state index contributed by atoms with van der Waals surface area (Å²) in [6, 6.07) is 15.4. The van der Waals surface area contributed by atoms with E-state index in [0.29, 0.717) is 26.2 Å². The Morgan fingerprint density at radius 2 is 1.69 bits per heavy atom. The number of sulfonamides is 1. The minimum absolute atomic E-state index is 0. The third-order valence-corrected chi connectivity index (χ3v) is 6.58. The van der Waals surface area contributed by atoms with Crippen molar-refractivity contribution in [3.63, 3.8) is 0 Å². The number of nitrogens with zero attached hydrogens (tertiary/aromatic N) is 2. The van der Waals surface area contributed by atoms with Crippen molar-refractivity contribution in [2.75, 3.05) is 38.5 Å². The van der Waals surface area contributed by atoms with Crippen LogP contribution in [0.4, 0.5) is 4.39 Å². The molecule has 1 N–H and O–H groups in total. The van der Waals surface area contributed by atoms with Gasteiger partial charge in [-0.3, -0.25) is 9.69 Å². The molecule has 1 saturated heterocycles. The molecular weight excluding hydrogens is 417 g/mol. The fraction of sp³-hybridized carbons (Fsp3) is 0.350. The highest BCUT2D eigenvalue weighted by molar-refractivity contribution is 7.89. The summed E-state index contributed by atoms with van der Waals surface area (Å²) in [7, 11) is -3.45. The molecule has 9 heteroatoms. The summed E-state index contributed by atoms with van der Waals surface area (Å²) in [4.78, 5) is 14.2. The number of benzene rings is 2.